The van der Waals surface area contributed by atoms with Crippen LogP contribution in [0.25, 0.3) is 0 Å². The molecule has 0 heterocycles. The maximum atomic E-state index is 13.5. The number of hydrogen-bond donors (Lipinski definition) is 4. The molecule has 2 rings (SSSR count). The Morgan fingerprint density at radius 3 is 1.91 bits per heavy atom. The zero-order chi connectivity index (χ0) is 33.8. The molecular formula is C33H45IN4O7S. The molecule has 0 saturated carbocycles. The van der Waals surface area contributed by atoms with E-state index in [9.17, 15) is 24.0 Å². The van der Waals surface area contributed by atoms with Gasteiger partial charge in [-0.3, -0.25) is 24.6 Å². The summed E-state index contributed by atoms with van der Waals surface area (Å²) in [6.07, 6.45) is 1.25. The predicted molar refractivity (Wildman–Crippen MR) is 189 cm³/mol. The van der Waals surface area contributed by atoms with Crippen LogP contribution < -0.4 is 16.0 Å². The molecule has 252 valence electrons. The predicted octanol–water partition coefficient (Wildman–Crippen LogP) is 4.40. The molecule has 0 aliphatic carbocycles. The van der Waals surface area contributed by atoms with Gasteiger partial charge in [0.15, 0.2) is 0 Å². The first-order chi connectivity index (χ1) is 21.0. The molecule has 13 heteroatoms. The number of hydrogen-bond acceptors (Lipinski definition) is 9. The molecule has 3 amide bonds. The standard InChI is InChI=1S/C33H44N4O7S.HI/c1-32(2,3)43-27(39)20-24(30(41)37-25(31(42)44-33(4,5)6)19-21-11-9-8-10-12-21)36-26(38)17-18-35-29(40)23-15-13-22(14-16-23)28(34)45-7;/h8-16,24-25,34H,17-20H2,1-7H3,(H,35,40)(H,36,38)(H,37,41);1H/t24-,25-;/m0./s1. The minimum absolute atomic E-state index is 0. The van der Waals surface area contributed by atoms with Gasteiger partial charge in [0, 0.05) is 30.5 Å². The maximum absolute atomic E-state index is 13.5. The van der Waals surface area contributed by atoms with Crippen LogP contribution in [0.4, 0.5) is 0 Å². The topological polar surface area (TPSA) is 164 Å². The lowest BCUT2D eigenvalue weighted by atomic mass is 10.0. The smallest absolute Gasteiger partial charge is 0.329 e. The molecule has 2 aromatic carbocycles. The lowest BCUT2D eigenvalue weighted by Crippen LogP contribution is -2.54. The van der Waals surface area contributed by atoms with Crippen molar-refractivity contribution in [2.45, 2.75) is 84.1 Å². The van der Waals surface area contributed by atoms with Crippen molar-refractivity contribution in [3.63, 3.8) is 0 Å². The Labute approximate surface area is 292 Å². The van der Waals surface area contributed by atoms with E-state index in [0.29, 0.717) is 16.2 Å². The second kappa shape index (κ2) is 18.6. The molecule has 11 nitrogen and oxygen atoms in total. The summed E-state index contributed by atoms with van der Waals surface area (Å²) in [4.78, 5) is 64.7. The van der Waals surface area contributed by atoms with E-state index in [0.717, 1.165) is 5.56 Å². The number of nitrogens with one attached hydrogen (secondary N) is 4. The van der Waals surface area contributed by atoms with Crippen molar-refractivity contribution in [3.8, 4) is 0 Å². The number of benzene rings is 2. The number of thioether (sulfide) groups is 1. The van der Waals surface area contributed by atoms with Crippen LogP contribution in [0, 0.1) is 5.41 Å². The zero-order valence-electron chi connectivity index (χ0n) is 27.4. The van der Waals surface area contributed by atoms with Crippen molar-refractivity contribution in [3.05, 3.63) is 71.3 Å². The minimum atomic E-state index is -1.36. The fourth-order valence-electron chi connectivity index (χ4n) is 4.00. The monoisotopic (exact) mass is 768 g/mol. The third kappa shape index (κ3) is 15.2. The third-order valence-corrected chi connectivity index (χ3v) is 6.63. The molecule has 0 radical (unpaired) electrons. The summed E-state index contributed by atoms with van der Waals surface area (Å²) < 4.78 is 10.9. The summed E-state index contributed by atoms with van der Waals surface area (Å²) in [5.41, 5.74) is 0.180. The summed E-state index contributed by atoms with van der Waals surface area (Å²) in [5.74, 6) is -3.15. The van der Waals surface area contributed by atoms with Crippen LogP contribution in [0.2, 0.25) is 0 Å². The average Bonchev–Trinajstić information content (AvgIpc) is 2.94. The number of amides is 3. The molecule has 0 fully saturated rings. The molecule has 2 atom stereocenters. The lowest BCUT2D eigenvalue weighted by Gasteiger charge is -2.27. The largest absolute Gasteiger partial charge is 0.460 e. The molecule has 0 spiro atoms. The molecule has 0 unspecified atom stereocenters. The summed E-state index contributed by atoms with van der Waals surface area (Å²) in [5, 5.41) is 16.1. The summed E-state index contributed by atoms with van der Waals surface area (Å²) in [6.45, 7) is 10.1. The Bertz CT molecular complexity index is 1360. The summed E-state index contributed by atoms with van der Waals surface area (Å²) in [7, 11) is 0. The summed E-state index contributed by atoms with van der Waals surface area (Å²) in [6, 6.07) is 13.1. The Kier molecular flexibility index (Phi) is 16.4. The van der Waals surface area contributed by atoms with Crippen LogP contribution in [0.15, 0.2) is 54.6 Å². The van der Waals surface area contributed by atoms with E-state index in [4.69, 9.17) is 14.9 Å². The van der Waals surface area contributed by atoms with E-state index in [2.05, 4.69) is 16.0 Å². The third-order valence-electron chi connectivity index (χ3n) is 5.98. The normalized spacial score (nSPS) is 12.4. The number of ether oxygens (including phenoxy) is 2. The number of carbonyl (C=O) groups is 5. The number of carbonyl (C=O) groups excluding carboxylic acids is 5. The second-order valence-electron chi connectivity index (χ2n) is 12.3. The summed E-state index contributed by atoms with van der Waals surface area (Å²) >= 11 is 1.29. The second-order valence-corrected chi connectivity index (χ2v) is 13.1. The van der Waals surface area contributed by atoms with Crippen molar-refractivity contribution >= 4 is 70.4 Å². The molecule has 2 aromatic rings. The molecule has 0 saturated heterocycles. The Balaban J connectivity index is 0.0000106. The highest BCUT2D eigenvalue weighted by molar-refractivity contribution is 14.0. The van der Waals surface area contributed by atoms with Gasteiger partial charge in [-0.05, 0) is 65.5 Å². The number of halogens is 1. The highest BCUT2D eigenvalue weighted by Crippen LogP contribution is 2.14. The average molecular weight is 769 g/mol. The van der Waals surface area contributed by atoms with Gasteiger partial charge in [0.2, 0.25) is 11.8 Å². The Hall–Kier alpha value is -3.46. The van der Waals surface area contributed by atoms with Crippen molar-refractivity contribution in [2.75, 3.05) is 12.8 Å². The van der Waals surface area contributed by atoms with Crippen LogP contribution in [0.3, 0.4) is 0 Å². The molecular weight excluding hydrogens is 723 g/mol. The number of esters is 2. The van der Waals surface area contributed by atoms with Gasteiger partial charge in [-0.2, -0.15) is 0 Å². The van der Waals surface area contributed by atoms with Gasteiger partial charge in [-0.25, -0.2) is 4.79 Å². The van der Waals surface area contributed by atoms with Gasteiger partial charge in [0.1, 0.15) is 23.3 Å². The van der Waals surface area contributed by atoms with Crippen molar-refractivity contribution in [1.82, 2.24) is 16.0 Å². The lowest BCUT2D eigenvalue weighted by molar-refractivity contribution is -0.159. The van der Waals surface area contributed by atoms with Crippen molar-refractivity contribution in [2.24, 2.45) is 0 Å². The van der Waals surface area contributed by atoms with Crippen LogP contribution in [0.5, 0.6) is 0 Å². The van der Waals surface area contributed by atoms with E-state index in [-0.39, 0.29) is 43.4 Å². The molecule has 0 aliphatic heterocycles. The van der Waals surface area contributed by atoms with E-state index < -0.39 is 59.4 Å². The molecule has 46 heavy (non-hydrogen) atoms. The molecule has 0 bridgehead atoms. The van der Waals surface area contributed by atoms with E-state index in [1.165, 1.54) is 11.8 Å². The quantitative estimate of drug-likeness (QED) is 0.101. The Morgan fingerprint density at radius 1 is 0.804 bits per heavy atom. The number of rotatable bonds is 13. The minimum Gasteiger partial charge on any atom is -0.460 e. The van der Waals surface area contributed by atoms with Gasteiger partial charge in [0.05, 0.1) is 11.5 Å². The van der Waals surface area contributed by atoms with Crippen LogP contribution in [-0.2, 0) is 35.1 Å². The van der Waals surface area contributed by atoms with Crippen molar-refractivity contribution in [1.29, 1.82) is 5.41 Å². The first-order valence-electron chi connectivity index (χ1n) is 14.6. The van der Waals surface area contributed by atoms with Crippen LogP contribution in [0.1, 0.15) is 75.9 Å². The zero-order valence-corrected chi connectivity index (χ0v) is 30.5. The molecule has 0 aliphatic rings. The maximum Gasteiger partial charge on any atom is 0.329 e. The van der Waals surface area contributed by atoms with E-state index in [1.807, 2.05) is 18.2 Å². The Morgan fingerprint density at radius 2 is 1.37 bits per heavy atom. The SMILES string of the molecule is CSC(=N)c1ccc(C(=O)NCCC(=O)N[C@@H](CC(=O)OC(C)(C)C)C(=O)N[C@@H](Cc2ccccc2)C(=O)OC(C)(C)C)cc1.I. The van der Waals surface area contributed by atoms with Gasteiger partial charge in [0.25, 0.3) is 5.91 Å². The van der Waals surface area contributed by atoms with E-state index in [1.54, 1.807) is 84.2 Å². The molecule has 0 aromatic heterocycles. The van der Waals surface area contributed by atoms with Gasteiger partial charge >= 0.3 is 11.9 Å². The van der Waals surface area contributed by atoms with Crippen LogP contribution >= 0.6 is 35.7 Å². The van der Waals surface area contributed by atoms with Gasteiger partial charge in [-0.1, -0.05) is 42.5 Å². The fraction of sp³-hybridized carbons (Fsp3) is 0.455. The first kappa shape index (κ1) is 40.6. The van der Waals surface area contributed by atoms with E-state index >= 15 is 0 Å². The highest BCUT2D eigenvalue weighted by atomic mass is 127. The fourth-order valence-corrected chi connectivity index (χ4v) is 4.37. The van der Waals surface area contributed by atoms with Crippen LogP contribution in [-0.4, -0.2) is 70.8 Å². The first-order valence-corrected chi connectivity index (χ1v) is 15.8. The highest BCUT2D eigenvalue weighted by Gasteiger charge is 2.32. The van der Waals surface area contributed by atoms with Gasteiger partial charge in [-0.15, -0.1) is 35.7 Å². The van der Waals surface area contributed by atoms with Crippen molar-refractivity contribution < 1.29 is 33.4 Å². The molecule has 4 N–H and O–H groups in total. The van der Waals surface area contributed by atoms with Gasteiger partial charge < -0.3 is 25.4 Å².